The lowest BCUT2D eigenvalue weighted by molar-refractivity contribution is 0.633. The number of aliphatic imine (C=N–C) groups is 1. The number of hydrogen-bond acceptors (Lipinski definition) is 1. The second-order valence-corrected chi connectivity index (χ2v) is 2.47. The summed E-state index contributed by atoms with van der Waals surface area (Å²) in [5.74, 6) is 0.877. The molecule has 0 aromatic carbocycles. The molecule has 0 aliphatic heterocycles. The standard InChI is InChI=1S/C10H16N2/c1-6-7-8-10(11-4)12(5)9(2)3/h6-8H,1-2H2,3-5H3/b8-7-,11-10?. The Bertz CT molecular complexity index is 224. The minimum atomic E-state index is 0.877. The number of likely N-dealkylation sites (N-methyl/N-ethyl adjacent to an activating group) is 1. The van der Waals surface area contributed by atoms with Crippen LogP contribution in [-0.4, -0.2) is 24.8 Å². The van der Waals surface area contributed by atoms with Crippen molar-refractivity contribution in [2.45, 2.75) is 6.92 Å². The van der Waals surface area contributed by atoms with Gasteiger partial charge in [-0.2, -0.15) is 0 Å². The fourth-order valence-electron chi connectivity index (χ4n) is 0.686. The zero-order chi connectivity index (χ0) is 9.56. The quantitative estimate of drug-likeness (QED) is 0.355. The molecule has 0 fully saturated rings. The van der Waals surface area contributed by atoms with Crippen molar-refractivity contribution >= 4 is 5.84 Å². The average Bonchev–Trinajstić information content (AvgIpc) is 2.05. The lowest BCUT2D eigenvalue weighted by Gasteiger charge is -2.17. The molecule has 12 heavy (non-hydrogen) atoms. The Balaban J connectivity index is 4.47. The SMILES string of the molecule is C=C/C=C\C(=NC)N(C)C(=C)C. The summed E-state index contributed by atoms with van der Waals surface area (Å²) in [4.78, 5) is 6.01. The molecule has 0 atom stereocenters. The summed E-state index contributed by atoms with van der Waals surface area (Å²) in [6.45, 7) is 9.34. The number of nitrogens with zero attached hydrogens (tertiary/aromatic N) is 2. The molecule has 66 valence electrons. The summed E-state index contributed by atoms with van der Waals surface area (Å²) in [6, 6.07) is 0. The summed E-state index contributed by atoms with van der Waals surface area (Å²) in [5.41, 5.74) is 0.962. The zero-order valence-electron chi connectivity index (χ0n) is 8.04. The second-order valence-electron chi connectivity index (χ2n) is 2.47. The zero-order valence-corrected chi connectivity index (χ0v) is 8.04. The molecule has 0 spiro atoms. The molecule has 0 saturated carbocycles. The van der Waals surface area contributed by atoms with Gasteiger partial charge in [-0.25, -0.2) is 0 Å². The maximum absolute atomic E-state index is 4.09. The number of allylic oxidation sites excluding steroid dienone is 3. The van der Waals surface area contributed by atoms with Crippen LogP contribution >= 0.6 is 0 Å². The number of amidine groups is 1. The van der Waals surface area contributed by atoms with Crippen molar-refractivity contribution in [2.75, 3.05) is 14.1 Å². The van der Waals surface area contributed by atoms with E-state index in [4.69, 9.17) is 0 Å². The average molecular weight is 164 g/mol. The van der Waals surface area contributed by atoms with E-state index in [-0.39, 0.29) is 0 Å². The van der Waals surface area contributed by atoms with Gasteiger partial charge in [0.05, 0.1) is 0 Å². The molecule has 0 saturated heterocycles. The molecule has 0 rings (SSSR count). The van der Waals surface area contributed by atoms with Crippen LogP contribution in [0.15, 0.2) is 42.1 Å². The Morgan fingerprint density at radius 2 is 2.08 bits per heavy atom. The Morgan fingerprint density at radius 3 is 2.42 bits per heavy atom. The lowest BCUT2D eigenvalue weighted by atomic mass is 10.4. The van der Waals surface area contributed by atoms with Crippen LogP contribution in [0.4, 0.5) is 0 Å². The van der Waals surface area contributed by atoms with E-state index in [9.17, 15) is 0 Å². The highest BCUT2D eigenvalue weighted by atomic mass is 15.2. The van der Waals surface area contributed by atoms with E-state index in [2.05, 4.69) is 18.2 Å². The monoisotopic (exact) mass is 164 g/mol. The van der Waals surface area contributed by atoms with Crippen molar-refractivity contribution in [3.8, 4) is 0 Å². The fraction of sp³-hybridized carbons (Fsp3) is 0.300. The number of rotatable bonds is 3. The summed E-state index contributed by atoms with van der Waals surface area (Å²) in [5, 5.41) is 0. The van der Waals surface area contributed by atoms with Crippen LogP contribution in [0.1, 0.15) is 6.92 Å². The highest BCUT2D eigenvalue weighted by Gasteiger charge is 2.00. The first-order chi connectivity index (χ1) is 5.63. The van der Waals surface area contributed by atoms with Crippen molar-refractivity contribution in [1.29, 1.82) is 0 Å². The molecule has 2 nitrogen and oxygen atoms in total. The summed E-state index contributed by atoms with van der Waals surface area (Å²) in [7, 11) is 3.68. The number of hydrogen-bond donors (Lipinski definition) is 0. The van der Waals surface area contributed by atoms with Crippen LogP contribution in [0.25, 0.3) is 0 Å². The van der Waals surface area contributed by atoms with Gasteiger partial charge in [0.2, 0.25) is 0 Å². The first kappa shape index (κ1) is 10.7. The minimum Gasteiger partial charge on any atom is -0.334 e. The van der Waals surface area contributed by atoms with Gasteiger partial charge in [0.15, 0.2) is 0 Å². The van der Waals surface area contributed by atoms with Crippen molar-refractivity contribution in [2.24, 2.45) is 4.99 Å². The predicted molar refractivity (Wildman–Crippen MR) is 55.3 cm³/mol. The van der Waals surface area contributed by atoms with E-state index in [1.807, 2.05) is 31.0 Å². The molecule has 0 aliphatic carbocycles. The largest absolute Gasteiger partial charge is 0.334 e. The maximum Gasteiger partial charge on any atom is 0.127 e. The van der Waals surface area contributed by atoms with Crippen LogP contribution in [0, 0.1) is 0 Å². The molecule has 0 bridgehead atoms. The molecule has 0 amide bonds. The van der Waals surface area contributed by atoms with Crippen molar-refractivity contribution in [3.63, 3.8) is 0 Å². The molecule has 0 aliphatic rings. The van der Waals surface area contributed by atoms with E-state index in [1.165, 1.54) is 0 Å². The van der Waals surface area contributed by atoms with Gasteiger partial charge in [-0.1, -0.05) is 25.3 Å². The van der Waals surface area contributed by atoms with Crippen molar-refractivity contribution < 1.29 is 0 Å². The van der Waals surface area contributed by atoms with E-state index >= 15 is 0 Å². The van der Waals surface area contributed by atoms with E-state index < -0.39 is 0 Å². The molecule has 0 aromatic rings. The highest BCUT2D eigenvalue weighted by Crippen LogP contribution is 1.99. The molecule has 0 heterocycles. The van der Waals surface area contributed by atoms with Gasteiger partial charge in [0.1, 0.15) is 5.84 Å². The topological polar surface area (TPSA) is 15.6 Å². The summed E-state index contributed by atoms with van der Waals surface area (Å²) >= 11 is 0. The summed E-state index contributed by atoms with van der Waals surface area (Å²) in [6.07, 6.45) is 5.46. The second kappa shape index (κ2) is 5.35. The smallest absolute Gasteiger partial charge is 0.127 e. The van der Waals surface area contributed by atoms with Gasteiger partial charge in [0, 0.05) is 19.8 Å². The third-order valence-corrected chi connectivity index (χ3v) is 1.53. The molecule has 0 radical (unpaired) electrons. The van der Waals surface area contributed by atoms with Crippen molar-refractivity contribution in [3.05, 3.63) is 37.1 Å². The molecule has 2 heteroatoms. The molecule has 0 unspecified atom stereocenters. The predicted octanol–water partition coefficient (Wildman–Crippen LogP) is 2.22. The van der Waals surface area contributed by atoms with Gasteiger partial charge in [-0.05, 0) is 13.0 Å². The van der Waals surface area contributed by atoms with Gasteiger partial charge in [0.25, 0.3) is 0 Å². The third-order valence-electron chi connectivity index (χ3n) is 1.53. The van der Waals surface area contributed by atoms with Crippen LogP contribution in [-0.2, 0) is 0 Å². The van der Waals surface area contributed by atoms with E-state index in [1.54, 1.807) is 13.1 Å². The van der Waals surface area contributed by atoms with E-state index in [0.717, 1.165) is 11.5 Å². The van der Waals surface area contributed by atoms with Gasteiger partial charge in [-0.3, -0.25) is 4.99 Å². The van der Waals surface area contributed by atoms with Crippen LogP contribution in [0.5, 0.6) is 0 Å². The highest BCUT2D eigenvalue weighted by molar-refractivity contribution is 5.93. The van der Waals surface area contributed by atoms with Gasteiger partial charge in [-0.15, -0.1) is 0 Å². The summed E-state index contributed by atoms with van der Waals surface area (Å²) < 4.78 is 0. The molecule has 0 aromatic heterocycles. The van der Waals surface area contributed by atoms with Gasteiger partial charge < -0.3 is 4.90 Å². The van der Waals surface area contributed by atoms with E-state index in [0.29, 0.717) is 0 Å². The Morgan fingerprint density at radius 1 is 1.50 bits per heavy atom. The Hall–Kier alpha value is -1.31. The fourth-order valence-corrected chi connectivity index (χ4v) is 0.686. The molecular weight excluding hydrogens is 148 g/mol. The third kappa shape index (κ3) is 3.19. The first-order valence-corrected chi connectivity index (χ1v) is 3.78. The Kier molecular flexibility index (Phi) is 4.77. The van der Waals surface area contributed by atoms with Crippen molar-refractivity contribution in [1.82, 2.24) is 4.90 Å². The van der Waals surface area contributed by atoms with Crippen LogP contribution in [0.2, 0.25) is 0 Å². The minimum absolute atomic E-state index is 0.877. The van der Waals surface area contributed by atoms with Gasteiger partial charge >= 0.3 is 0 Å². The molecular formula is C10H16N2. The van der Waals surface area contributed by atoms with Crippen LogP contribution < -0.4 is 0 Å². The lowest BCUT2D eigenvalue weighted by Crippen LogP contribution is -2.22. The maximum atomic E-state index is 4.09. The Labute approximate surface area is 74.6 Å². The molecule has 0 N–H and O–H groups in total. The first-order valence-electron chi connectivity index (χ1n) is 3.78. The van der Waals surface area contributed by atoms with Crippen LogP contribution in [0.3, 0.4) is 0 Å². The normalized spacial score (nSPS) is 11.8.